The zero-order valence-corrected chi connectivity index (χ0v) is 22.4. The Bertz CT molecular complexity index is 1250. The molecule has 1 amide bonds. The predicted octanol–water partition coefficient (Wildman–Crippen LogP) is 4.11. The van der Waals surface area contributed by atoms with Crippen molar-refractivity contribution in [3.05, 3.63) is 101 Å². The highest BCUT2D eigenvalue weighted by Crippen LogP contribution is 2.26. The number of anilines is 1. The fourth-order valence-corrected chi connectivity index (χ4v) is 5.05. The summed E-state index contributed by atoms with van der Waals surface area (Å²) in [4.78, 5) is 12.9. The van der Waals surface area contributed by atoms with Gasteiger partial charge in [0.25, 0.3) is 0 Å². The molecule has 1 unspecified atom stereocenters. The third kappa shape index (κ3) is 8.47. The summed E-state index contributed by atoms with van der Waals surface area (Å²) in [6.07, 6.45) is -0.0258. The largest absolute Gasteiger partial charge is 0.390 e. The van der Waals surface area contributed by atoms with Gasteiger partial charge < -0.3 is 15.7 Å². The van der Waals surface area contributed by atoms with Gasteiger partial charge in [0, 0.05) is 19.2 Å². The first-order valence-corrected chi connectivity index (χ1v) is 13.8. The van der Waals surface area contributed by atoms with Gasteiger partial charge in [0.1, 0.15) is 11.6 Å². The quantitative estimate of drug-likeness (QED) is 0.254. The average Bonchev–Trinajstić information content (AvgIpc) is 3.40. The van der Waals surface area contributed by atoms with Crippen molar-refractivity contribution < 1.29 is 18.7 Å². The maximum absolute atomic E-state index is 13.8. The molecule has 0 bridgehead atoms. The summed E-state index contributed by atoms with van der Waals surface area (Å²) in [6, 6.07) is 20.0. The van der Waals surface area contributed by atoms with Crippen LogP contribution in [0.5, 0.6) is 0 Å². The van der Waals surface area contributed by atoms with E-state index in [2.05, 4.69) is 45.6 Å². The van der Waals surface area contributed by atoms with E-state index >= 15 is 0 Å². The third-order valence-electron chi connectivity index (χ3n) is 6.20. The van der Waals surface area contributed by atoms with Gasteiger partial charge in [-0.25, -0.2) is 13.8 Å². The van der Waals surface area contributed by atoms with Gasteiger partial charge in [0.15, 0.2) is 0 Å². The van der Waals surface area contributed by atoms with Crippen molar-refractivity contribution in [1.29, 1.82) is 0 Å². The predicted molar refractivity (Wildman–Crippen MR) is 149 cm³/mol. The van der Waals surface area contributed by atoms with Crippen LogP contribution < -0.4 is 21.2 Å². The average molecular weight is 555 g/mol. The number of nitrogens with one attached hydrogen (secondary N) is 3. The minimum Gasteiger partial charge on any atom is -0.390 e. The molecule has 3 atom stereocenters. The number of thioether (sulfide) groups is 1. The number of para-hydroxylation sites is 1. The number of hydrogen-bond donors (Lipinski definition) is 4. The summed E-state index contributed by atoms with van der Waals surface area (Å²) >= 11 is 1.25. The monoisotopic (exact) mass is 554 g/mol. The number of rotatable bonds is 13. The number of nitrogens with zero attached hydrogens (tertiary/aromatic N) is 3. The van der Waals surface area contributed by atoms with Crippen LogP contribution in [-0.4, -0.2) is 41.0 Å². The van der Waals surface area contributed by atoms with Crippen molar-refractivity contribution in [1.82, 2.24) is 16.2 Å². The van der Waals surface area contributed by atoms with Crippen molar-refractivity contribution in [3.8, 4) is 0 Å². The minimum absolute atomic E-state index is 0.0344. The van der Waals surface area contributed by atoms with E-state index in [0.717, 1.165) is 23.7 Å². The first-order valence-electron chi connectivity index (χ1n) is 12.7. The molecule has 206 valence electrons. The minimum atomic E-state index is -1.01. The van der Waals surface area contributed by atoms with Crippen molar-refractivity contribution in [2.45, 2.75) is 44.0 Å². The lowest BCUT2D eigenvalue weighted by Gasteiger charge is -2.26. The third-order valence-corrected chi connectivity index (χ3v) is 7.23. The van der Waals surface area contributed by atoms with Crippen molar-refractivity contribution in [2.24, 2.45) is 10.3 Å². The Morgan fingerprint density at radius 2 is 1.79 bits per heavy atom. The number of aliphatic hydroxyl groups is 1. The fourth-order valence-electron chi connectivity index (χ4n) is 4.24. The molecule has 0 aromatic heterocycles. The summed E-state index contributed by atoms with van der Waals surface area (Å²) in [5.41, 5.74) is 5.83. The van der Waals surface area contributed by atoms with Gasteiger partial charge in [-0.05, 0) is 53.8 Å². The summed E-state index contributed by atoms with van der Waals surface area (Å²) < 4.78 is 27.7. The van der Waals surface area contributed by atoms with Gasteiger partial charge in [0.2, 0.25) is 11.4 Å². The number of carbonyl (C=O) groups is 1. The lowest BCUT2D eigenvalue weighted by molar-refractivity contribution is -0.120. The first-order chi connectivity index (χ1) is 18.9. The fraction of sp³-hybridized carbons (Fsp3) is 0.321. The van der Waals surface area contributed by atoms with Gasteiger partial charge in [-0.1, -0.05) is 66.4 Å². The number of hydrazine groups is 1. The molecular weight excluding hydrogens is 522 g/mol. The van der Waals surface area contributed by atoms with E-state index in [1.165, 1.54) is 29.5 Å². The molecule has 0 saturated carbocycles. The van der Waals surface area contributed by atoms with Crippen LogP contribution >= 0.6 is 11.8 Å². The molecule has 4 rings (SSSR count). The number of amides is 1. The lowest BCUT2D eigenvalue weighted by Crippen LogP contribution is -2.49. The highest BCUT2D eigenvalue weighted by Gasteiger charge is 2.27. The Kier molecular flexibility index (Phi) is 10.2. The molecule has 1 aliphatic rings. The topological polar surface area (TPSA) is 101 Å². The number of aryl methyl sites for hydroxylation is 1. The van der Waals surface area contributed by atoms with Gasteiger partial charge in [-0.2, -0.15) is 5.53 Å². The van der Waals surface area contributed by atoms with Crippen LogP contribution in [0.1, 0.15) is 23.6 Å². The highest BCUT2D eigenvalue weighted by atomic mass is 32.2. The van der Waals surface area contributed by atoms with Gasteiger partial charge in [0.05, 0.1) is 23.6 Å². The number of benzene rings is 3. The molecule has 39 heavy (non-hydrogen) atoms. The van der Waals surface area contributed by atoms with Gasteiger partial charge in [-0.3, -0.25) is 4.79 Å². The van der Waals surface area contributed by atoms with E-state index in [1.54, 1.807) is 5.01 Å². The summed E-state index contributed by atoms with van der Waals surface area (Å²) in [7, 11) is 0. The van der Waals surface area contributed by atoms with Crippen LogP contribution in [0.15, 0.2) is 83.1 Å². The van der Waals surface area contributed by atoms with E-state index in [9.17, 15) is 18.7 Å². The molecule has 0 fully saturated rings. The lowest BCUT2D eigenvalue weighted by atomic mass is 10.0. The van der Waals surface area contributed by atoms with E-state index < -0.39 is 29.3 Å². The molecule has 0 aliphatic carbocycles. The summed E-state index contributed by atoms with van der Waals surface area (Å²) in [6.45, 7) is 2.79. The molecule has 11 heteroatoms. The number of hydrogen-bond acceptors (Lipinski definition) is 8. The molecule has 0 spiro atoms. The molecular formula is C28H32F2N6O2S. The Morgan fingerprint density at radius 1 is 1.05 bits per heavy atom. The van der Waals surface area contributed by atoms with Crippen molar-refractivity contribution in [2.75, 3.05) is 17.3 Å². The molecule has 1 heterocycles. The molecule has 0 saturated heterocycles. The van der Waals surface area contributed by atoms with E-state index in [0.29, 0.717) is 12.1 Å². The number of halogens is 2. The Hall–Kier alpha value is -3.54. The molecule has 0 radical (unpaired) electrons. The molecule has 1 aliphatic heterocycles. The standard InChI is InChI=1S/C28H32F2N6O2S/c1-2-19-7-6-8-20(11-19)16-31-17-26(37)25(14-21-12-22(29)15-23(30)13-21)32-27(38)18-39-28-33-34-35-36(28)24-9-4-3-5-10-24/h3-13,15,25-26,28,31,37H,2,14,16-18H2,1H3,(H,32,38)(H,33,35)/t25-,26-,28?/m0/s1. The zero-order chi connectivity index (χ0) is 27.6. The van der Waals surface area contributed by atoms with E-state index in [4.69, 9.17) is 0 Å². The number of carbonyl (C=O) groups excluding carboxylic acids is 1. The zero-order valence-electron chi connectivity index (χ0n) is 21.6. The van der Waals surface area contributed by atoms with E-state index in [1.807, 2.05) is 42.5 Å². The first kappa shape index (κ1) is 28.5. The van der Waals surface area contributed by atoms with Crippen LogP contribution in [0.3, 0.4) is 0 Å². The maximum Gasteiger partial charge on any atom is 0.230 e. The van der Waals surface area contributed by atoms with Crippen molar-refractivity contribution in [3.63, 3.8) is 0 Å². The summed E-state index contributed by atoms with van der Waals surface area (Å²) in [5, 5.41) is 26.8. The Balaban J connectivity index is 1.37. The highest BCUT2D eigenvalue weighted by molar-refractivity contribution is 8.00. The Morgan fingerprint density at radius 3 is 2.54 bits per heavy atom. The second-order valence-corrected chi connectivity index (χ2v) is 10.2. The molecule has 4 N–H and O–H groups in total. The van der Waals surface area contributed by atoms with Crippen molar-refractivity contribution >= 4 is 23.4 Å². The molecule has 3 aromatic rings. The second-order valence-electron chi connectivity index (χ2n) is 9.19. The molecule has 8 nitrogen and oxygen atoms in total. The Labute approximate surface area is 230 Å². The van der Waals surface area contributed by atoms with Gasteiger partial charge >= 0.3 is 0 Å². The van der Waals surface area contributed by atoms with E-state index in [-0.39, 0.29) is 24.6 Å². The van der Waals surface area contributed by atoms with Crippen LogP contribution in [0.4, 0.5) is 14.5 Å². The van der Waals surface area contributed by atoms with Crippen LogP contribution in [0.2, 0.25) is 0 Å². The maximum atomic E-state index is 13.8. The van der Waals surface area contributed by atoms with Crippen LogP contribution in [-0.2, 0) is 24.2 Å². The van der Waals surface area contributed by atoms with Crippen LogP contribution in [0, 0.1) is 11.6 Å². The molecule has 3 aromatic carbocycles. The number of aliphatic hydroxyl groups excluding tert-OH is 1. The SMILES string of the molecule is CCc1cccc(CNC[C@H](O)[C@H](Cc2cc(F)cc(F)c2)NC(=O)CSC2N=NNN2c2ccccc2)c1. The van der Waals surface area contributed by atoms with Gasteiger partial charge in [-0.15, -0.1) is 5.11 Å². The smallest absolute Gasteiger partial charge is 0.230 e. The second kappa shape index (κ2) is 14.0. The normalized spacial score (nSPS) is 16.1. The summed E-state index contributed by atoms with van der Waals surface area (Å²) in [5.74, 6) is -1.73. The van der Waals surface area contributed by atoms with Crippen LogP contribution in [0.25, 0.3) is 0 Å².